The molecule has 2 aromatic heterocycles. The Kier molecular flexibility index (Phi) is 3.55. The number of H-pyrrole nitrogens is 1. The maximum Gasteiger partial charge on any atom is 0.253 e. The van der Waals surface area contributed by atoms with Crippen molar-refractivity contribution in [2.75, 3.05) is 26.2 Å². The Balaban J connectivity index is 1.58. The van der Waals surface area contributed by atoms with Crippen LogP contribution in [0.25, 0.3) is 22.3 Å². The normalized spacial score (nSPS) is 15.0. The topological polar surface area (TPSA) is 61.0 Å². The molecule has 4 rings (SSSR count). The predicted octanol–water partition coefficient (Wildman–Crippen LogP) is 2.28. The van der Waals surface area contributed by atoms with E-state index in [0.29, 0.717) is 0 Å². The average Bonchev–Trinajstić information content (AvgIpc) is 3.06. The van der Waals surface area contributed by atoms with Crippen LogP contribution in [-0.2, 0) is 0 Å². The molecule has 1 saturated heterocycles. The van der Waals surface area contributed by atoms with E-state index in [1.54, 1.807) is 6.20 Å². The molecule has 3 aromatic rings. The number of hydrogen-bond donors (Lipinski definition) is 2. The van der Waals surface area contributed by atoms with Crippen molar-refractivity contribution in [3.63, 3.8) is 0 Å². The lowest BCUT2D eigenvalue weighted by Gasteiger charge is -2.27. The van der Waals surface area contributed by atoms with Crippen LogP contribution in [0.1, 0.15) is 10.4 Å². The summed E-state index contributed by atoms with van der Waals surface area (Å²) in [6.07, 6.45) is 1.78. The van der Waals surface area contributed by atoms with Crippen molar-refractivity contribution in [3.05, 3.63) is 54.2 Å². The van der Waals surface area contributed by atoms with Gasteiger partial charge < -0.3 is 15.2 Å². The molecule has 1 aromatic carbocycles. The molecule has 0 unspecified atom stereocenters. The van der Waals surface area contributed by atoms with E-state index in [9.17, 15) is 4.79 Å². The Morgan fingerprint density at radius 3 is 2.61 bits per heavy atom. The molecule has 0 bridgehead atoms. The Morgan fingerprint density at radius 1 is 1.09 bits per heavy atom. The molecular weight excluding hydrogens is 288 g/mol. The van der Waals surface area contributed by atoms with Gasteiger partial charge in [0, 0.05) is 49.0 Å². The highest BCUT2D eigenvalue weighted by Gasteiger charge is 2.17. The minimum Gasteiger partial charge on any atom is -0.339 e. The molecule has 0 saturated carbocycles. The van der Waals surface area contributed by atoms with E-state index < -0.39 is 0 Å². The molecule has 1 aliphatic rings. The van der Waals surface area contributed by atoms with Crippen LogP contribution in [0.4, 0.5) is 0 Å². The van der Waals surface area contributed by atoms with Crippen LogP contribution in [0, 0.1) is 0 Å². The summed E-state index contributed by atoms with van der Waals surface area (Å²) in [4.78, 5) is 22.0. The van der Waals surface area contributed by atoms with Crippen molar-refractivity contribution in [2.45, 2.75) is 0 Å². The third-order valence-electron chi connectivity index (χ3n) is 4.24. The van der Waals surface area contributed by atoms with E-state index in [4.69, 9.17) is 0 Å². The molecule has 0 radical (unpaired) electrons. The van der Waals surface area contributed by atoms with Crippen molar-refractivity contribution < 1.29 is 4.79 Å². The summed E-state index contributed by atoms with van der Waals surface area (Å²) < 4.78 is 0. The number of aromatic nitrogens is 2. The van der Waals surface area contributed by atoms with Crippen molar-refractivity contribution in [1.29, 1.82) is 0 Å². The third-order valence-corrected chi connectivity index (χ3v) is 4.24. The highest BCUT2D eigenvalue weighted by Crippen LogP contribution is 2.23. The van der Waals surface area contributed by atoms with Gasteiger partial charge in [0.2, 0.25) is 0 Å². The van der Waals surface area contributed by atoms with E-state index in [-0.39, 0.29) is 5.91 Å². The number of hydrogen-bond acceptors (Lipinski definition) is 3. The van der Waals surface area contributed by atoms with Gasteiger partial charge in [-0.05, 0) is 35.9 Å². The minimum atomic E-state index is 0.108. The summed E-state index contributed by atoms with van der Waals surface area (Å²) in [5.41, 5.74) is 3.69. The molecule has 5 heteroatoms. The number of nitrogens with zero attached hydrogens (tertiary/aromatic N) is 2. The first-order chi connectivity index (χ1) is 11.3. The van der Waals surface area contributed by atoms with Gasteiger partial charge in [-0.15, -0.1) is 0 Å². The van der Waals surface area contributed by atoms with E-state index in [0.717, 1.165) is 54.0 Å². The zero-order valence-corrected chi connectivity index (χ0v) is 12.7. The molecule has 1 fully saturated rings. The van der Waals surface area contributed by atoms with Gasteiger partial charge in [-0.3, -0.25) is 4.79 Å². The van der Waals surface area contributed by atoms with Crippen LogP contribution in [0.2, 0.25) is 0 Å². The largest absolute Gasteiger partial charge is 0.339 e. The summed E-state index contributed by atoms with van der Waals surface area (Å²) in [5.74, 6) is 0.108. The maximum absolute atomic E-state index is 12.5. The number of piperazine rings is 1. The number of rotatable bonds is 2. The second-order valence-electron chi connectivity index (χ2n) is 5.74. The number of pyridine rings is 1. The molecule has 0 aliphatic carbocycles. The highest BCUT2D eigenvalue weighted by atomic mass is 16.2. The van der Waals surface area contributed by atoms with E-state index in [1.165, 1.54) is 0 Å². The first kappa shape index (κ1) is 14.0. The monoisotopic (exact) mass is 306 g/mol. The fraction of sp³-hybridized carbons (Fsp3) is 0.222. The van der Waals surface area contributed by atoms with Crippen molar-refractivity contribution in [1.82, 2.24) is 20.2 Å². The Labute approximate surface area is 134 Å². The molecule has 0 spiro atoms. The van der Waals surface area contributed by atoms with Gasteiger partial charge in [0.25, 0.3) is 5.91 Å². The fourth-order valence-electron chi connectivity index (χ4n) is 2.96. The molecular formula is C18H18N4O. The Bertz CT molecular complexity index is 799. The van der Waals surface area contributed by atoms with Gasteiger partial charge in [0.15, 0.2) is 0 Å². The standard InChI is InChI=1S/C18H18N4O/c23-18(22-10-8-19-9-11-22)14-5-3-13(4-6-14)16-12-15-2-1-7-20-17(15)21-16/h1-7,12,19H,8-11H2,(H,20,21). The zero-order chi connectivity index (χ0) is 15.6. The lowest BCUT2D eigenvalue weighted by Crippen LogP contribution is -2.46. The second kappa shape index (κ2) is 5.85. The number of benzene rings is 1. The average molecular weight is 306 g/mol. The minimum absolute atomic E-state index is 0.108. The van der Waals surface area contributed by atoms with Crippen molar-refractivity contribution >= 4 is 16.9 Å². The zero-order valence-electron chi connectivity index (χ0n) is 12.7. The molecule has 5 nitrogen and oxygen atoms in total. The Morgan fingerprint density at radius 2 is 1.87 bits per heavy atom. The number of fused-ring (bicyclic) bond motifs is 1. The number of amides is 1. The number of carbonyl (C=O) groups excluding carboxylic acids is 1. The van der Waals surface area contributed by atoms with Crippen molar-refractivity contribution in [2.24, 2.45) is 0 Å². The summed E-state index contributed by atoms with van der Waals surface area (Å²) in [5, 5.41) is 4.35. The quantitative estimate of drug-likeness (QED) is 0.763. The van der Waals surface area contributed by atoms with Crippen LogP contribution in [0.3, 0.4) is 0 Å². The van der Waals surface area contributed by atoms with Crippen LogP contribution in [-0.4, -0.2) is 47.0 Å². The molecule has 1 aliphatic heterocycles. The molecule has 3 heterocycles. The van der Waals surface area contributed by atoms with E-state index in [1.807, 2.05) is 41.3 Å². The van der Waals surface area contributed by atoms with Gasteiger partial charge in [-0.2, -0.15) is 0 Å². The van der Waals surface area contributed by atoms with Crippen LogP contribution in [0.5, 0.6) is 0 Å². The predicted molar refractivity (Wildman–Crippen MR) is 90.3 cm³/mol. The van der Waals surface area contributed by atoms with Gasteiger partial charge in [0.05, 0.1) is 0 Å². The lowest BCUT2D eigenvalue weighted by molar-refractivity contribution is 0.0736. The first-order valence-electron chi connectivity index (χ1n) is 7.85. The SMILES string of the molecule is O=C(c1ccc(-c2cc3cccnc3[nH]2)cc1)N1CCNCC1. The van der Waals surface area contributed by atoms with E-state index in [2.05, 4.69) is 21.4 Å². The molecule has 0 atom stereocenters. The van der Waals surface area contributed by atoms with Gasteiger partial charge in [-0.25, -0.2) is 4.98 Å². The van der Waals surface area contributed by atoms with E-state index >= 15 is 0 Å². The molecule has 1 amide bonds. The maximum atomic E-state index is 12.5. The summed E-state index contributed by atoms with van der Waals surface area (Å²) in [6.45, 7) is 3.28. The molecule has 23 heavy (non-hydrogen) atoms. The van der Waals surface area contributed by atoms with Gasteiger partial charge in [-0.1, -0.05) is 12.1 Å². The van der Waals surface area contributed by atoms with Crippen LogP contribution < -0.4 is 5.32 Å². The first-order valence-corrected chi connectivity index (χ1v) is 7.85. The lowest BCUT2D eigenvalue weighted by atomic mass is 10.1. The fourth-order valence-corrected chi connectivity index (χ4v) is 2.96. The third kappa shape index (κ3) is 2.71. The van der Waals surface area contributed by atoms with Crippen molar-refractivity contribution in [3.8, 4) is 11.3 Å². The highest BCUT2D eigenvalue weighted by molar-refractivity contribution is 5.95. The number of aromatic amines is 1. The van der Waals surface area contributed by atoms with Crippen LogP contribution >= 0.6 is 0 Å². The Hall–Kier alpha value is -2.66. The smallest absolute Gasteiger partial charge is 0.253 e. The van der Waals surface area contributed by atoms with Gasteiger partial charge in [0.1, 0.15) is 5.65 Å². The summed E-state index contributed by atoms with van der Waals surface area (Å²) in [6, 6.07) is 13.8. The van der Waals surface area contributed by atoms with Gasteiger partial charge >= 0.3 is 0 Å². The summed E-state index contributed by atoms with van der Waals surface area (Å²) >= 11 is 0. The molecule has 2 N–H and O–H groups in total. The number of nitrogens with one attached hydrogen (secondary N) is 2. The van der Waals surface area contributed by atoms with Crippen LogP contribution in [0.15, 0.2) is 48.7 Å². The summed E-state index contributed by atoms with van der Waals surface area (Å²) in [7, 11) is 0. The second-order valence-corrected chi connectivity index (χ2v) is 5.74. The molecule has 116 valence electrons. The number of carbonyl (C=O) groups is 1.